The normalized spacial score (nSPS) is 31.0. The molecule has 3 aliphatic rings. The van der Waals surface area contributed by atoms with Crippen LogP contribution in [0.25, 0.3) is 5.65 Å². The largest absolute Gasteiger partial charge is 0.481 e. The number of aromatic nitrogens is 3. The van der Waals surface area contributed by atoms with Gasteiger partial charge in [0.15, 0.2) is 11.5 Å². The van der Waals surface area contributed by atoms with Crippen molar-refractivity contribution in [1.29, 1.82) is 0 Å². The van der Waals surface area contributed by atoms with Gasteiger partial charge in [0.1, 0.15) is 16.9 Å². The predicted octanol–water partition coefficient (Wildman–Crippen LogP) is 1.29. The first-order valence-corrected chi connectivity index (χ1v) is 8.11. The van der Waals surface area contributed by atoms with Gasteiger partial charge in [0.2, 0.25) is 0 Å². The van der Waals surface area contributed by atoms with E-state index in [0.717, 1.165) is 10.0 Å². The van der Waals surface area contributed by atoms with Gasteiger partial charge in [-0.2, -0.15) is 0 Å². The Morgan fingerprint density at radius 1 is 1.54 bits per heavy atom. The van der Waals surface area contributed by atoms with Crippen LogP contribution < -0.4 is 0 Å². The molecule has 3 atom stereocenters. The van der Waals surface area contributed by atoms with E-state index in [-0.39, 0.29) is 13.0 Å². The highest BCUT2D eigenvalue weighted by Gasteiger charge is 2.79. The molecule has 24 heavy (non-hydrogen) atoms. The summed E-state index contributed by atoms with van der Waals surface area (Å²) < 4.78 is 13.0. The second kappa shape index (κ2) is 4.76. The van der Waals surface area contributed by atoms with Crippen LogP contribution in [0.4, 0.5) is 0 Å². The van der Waals surface area contributed by atoms with Gasteiger partial charge in [0, 0.05) is 17.1 Å². The highest BCUT2D eigenvalue weighted by molar-refractivity contribution is 9.10. The monoisotopic (exact) mass is 395 g/mol. The third-order valence-corrected chi connectivity index (χ3v) is 5.44. The number of hydrogen-bond acceptors (Lipinski definition) is 6. The fraction of sp³-hybridized carbons (Fsp3) is 0.467. The summed E-state index contributed by atoms with van der Waals surface area (Å²) in [5.74, 6) is -2.31. The van der Waals surface area contributed by atoms with E-state index in [1.165, 1.54) is 7.11 Å². The third-order valence-electron chi connectivity index (χ3n) is 5.01. The first kappa shape index (κ1) is 15.5. The smallest absolute Gasteiger partial charge is 0.313 e. The maximum atomic E-state index is 12.2. The van der Waals surface area contributed by atoms with Crippen LogP contribution in [0.2, 0.25) is 0 Å². The number of aryl methyl sites for hydroxylation is 1. The number of rotatable bonds is 3. The molecule has 126 valence electrons. The minimum Gasteiger partial charge on any atom is -0.481 e. The van der Waals surface area contributed by atoms with E-state index >= 15 is 0 Å². The zero-order valence-electron chi connectivity index (χ0n) is 12.9. The number of fused-ring (bicyclic) bond motifs is 2. The number of hydrogen-bond donors (Lipinski definition) is 1. The molecule has 3 unspecified atom stereocenters. The van der Waals surface area contributed by atoms with Gasteiger partial charge in [-0.1, -0.05) is 0 Å². The maximum absolute atomic E-state index is 12.2. The molecule has 9 heteroatoms. The molecular weight excluding hydrogens is 382 g/mol. The standard InChI is InChI=1S/C15H14BrN3O5/c1-7-3-8(16)4-19-10(7)17-12(18-19)15-5-14(6-24-15,13(21)22)9(15)11(20)23-2/h3-4,9H,5-6H2,1-2H3,(H,21,22). The van der Waals surface area contributed by atoms with E-state index in [2.05, 4.69) is 26.0 Å². The van der Waals surface area contributed by atoms with E-state index in [0.29, 0.717) is 11.5 Å². The number of aliphatic carboxylic acids is 1. The first-order valence-electron chi connectivity index (χ1n) is 7.32. The van der Waals surface area contributed by atoms with Crippen LogP contribution in [0, 0.1) is 18.3 Å². The van der Waals surface area contributed by atoms with Gasteiger partial charge in [-0.15, -0.1) is 5.10 Å². The van der Waals surface area contributed by atoms with Crippen molar-refractivity contribution >= 4 is 33.5 Å². The number of carboxylic acids is 1. The lowest BCUT2D eigenvalue weighted by Crippen LogP contribution is -2.60. The average Bonchev–Trinajstić information content (AvgIpc) is 3.16. The molecule has 2 saturated heterocycles. The number of nitrogens with zero attached hydrogens (tertiary/aromatic N) is 3. The number of methoxy groups -OCH3 is 1. The topological polar surface area (TPSA) is 103 Å². The summed E-state index contributed by atoms with van der Waals surface area (Å²) in [6, 6.07) is 1.90. The molecule has 2 aromatic heterocycles. The van der Waals surface area contributed by atoms with Gasteiger partial charge in [0.05, 0.1) is 13.7 Å². The third kappa shape index (κ3) is 1.71. The summed E-state index contributed by atoms with van der Waals surface area (Å²) in [7, 11) is 1.24. The Kier molecular flexibility index (Phi) is 3.08. The summed E-state index contributed by atoms with van der Waals surface area (Å²) in [4.78, 5) is 28.4. The highest BCUT2D eigenvalue weighted by atomic mass is 79.9. The molecule has 0 amide bonds. The number of ether oxygens (including phenoxy) is 2. The Morgan fingerprint density at radius 3 is 2.96 bits per heavy atom. The fourth-order valence-electron chi connectivity index (χ4n) is 3.87. The lowest BCUT2D eigenvalue weighted by atomic mass is 9.53. The van der Waals surface area contributed by atoms with Crippen LogP contribution in [0.15, 0.2) is 16.7 Å². The summed E-state index contributed by atoms with van der Waals surface area (Å²) in [6.07, 6.45) is 1.91. The van der Waals surface area contributed by atoms with Gasteiger partial charge in [0.25, 0.3) is 0 Å². The highest BCUT2D eigenvalue weighted by Crippen LogP contribution is 2.67. The van der Waals surface area contributed by atoms with Crippen molar-refractivity contribution in [2.45, 2.75) is 18.9 Å². The number of halogens is 1. The van der Waals surface area contributed by atoms with Gasteiger partial charge in [-0.25, -0.2) is 9.50 Å². The number of pyridine rings is 1. The Bertz CT molecular complexity index is 897. The Balaban J connectivity index is 1.86. The molecule has 3 fully saturated rings. The molecule has 2 bridgehead atoms. The van der Waals surface area contributed by atoms with Crippen LogP contribution in [0.5, 0.6) is 0 Å². The van der Waals surface area contributed by atoms with Crippen molar-refractivity contribution in [2.75, 3.05) is 13.7 Å². The van der Waals surface area contributed by atoms with Crippen LogP contribution in [0.3, 0.4) is 0 Å². The molecule has 8 nitrogen and oxygen atoms in total. The van der Waals surface area contributed by atoms with Crippen molar-refractivity contribution in [1.82, 2.24) is 14.6 Å². The van der Waals surface area contributed by atoms with Crippen LogP contribution in [-0.4, -0.2) is 45.4 Å². The summed E-state index contributed by atoms with van der Waals surface area (Å²) in [6.45, 7) is 1.84. The van der Waals surface area contributed by atoms with Gasteiger partial charge >= 0.3 is 11.9 Å². The van der Waals surface area contributed by atoms with Crippen molar-refractivity contribution in [3.05, 3.63) is 28.1 Å². The van der Waals surface area contributed by atoms with Crippen molar-refractivity contribution in [2.24, 2.45) is 11.3 Å². The van der Waals surface area contributed by atoms with E-state index < -0.39 is 28.9 Å². The van der Waals surface area contributed by atoms with E-state index in [1.807, 2.05) is 13.0 Å². The van der Waals surface area contributed by atoms with Crippen LogP contribution >= 0.6 is 15.9 Å². The quantitative estimate of drug-likeness (QED) is 0.780. The van der Waals surface area contributed by atoms with Crippen molar-refractivity contribution < 1.29 is 24.2 Å². The van der Waals surface area contributed by atoms with Crippen molar-refractivity contribution in [3.63, 3.8) is 0 Å². The number of esters is 1. The van der Waals surface area contributed by atoms with Gasteiger partial charge in [-0.3, -0.25) is 9.59 Å². The molecule has 5 rings (SSSR count). The second-order valence-electron chi connectivity index (χ2n) is 6.32. The molecule has 4 heterocycles. The molecular formula is C15H14BrN3O5. The SMILES string of the molecule is COC(=O)C1C2(C(=O)O)COC1(c1nc3c(C)cc(Br)cn3n1)C2. The Morgan fingerprint density at radius 2 is 2.29 bits per heavy atom. The molecule has 1 saturated carbocycles. The van der Waals surface area contributed by atoms with E-state index in [1.54, 1.807) is 10.7 Å². The first-order chi connectivity index (χ1) is 11.3. The Hall–Kier alpha value is -2.00. The van der Waals surface area contributed by atoms with Crippen molar-refractivity contribution in [3.8, 4) is 0 Å². The lowest BCUT2D eigenvalue weighted by molar-refractivity contribution is -0.185. The van der Waals surface area contributed by atoms with E-state index in [4.69, 9.17) is 9.47 Å². The Labute approximate surface area is 144 Å². The molecule has 0 spiro atoms. The number of carbonyl (C=O) groups excluding carboxylic acids is 1. The van der Waals surface area contributed by atoms with Crippen LogP contribution in [0.1, 0.15) is 17.8 Å². The molecule has 0 aromatic carbocycles. The lowest BCUT2D eigenvalue weighted by Gasteiger charge is -2.46. The average molecular weight is 396 g/mol. The summed E-state index contributed by atoms with van der Waals surface area (Å²) >= 11 is 3.40. The number of carbonyl (C=O) groups is 2. The fourth-order valence-corrected chi connectivity index (χ4v) is 4.41. The zero-order chi connectivity index (χ0) is 17.3. The molecule has 2 aromatic rings. The molecule has 1 aliphatic carbocycles. The zero-order valence-corrected chi connectivity index (χ0v) is 14.5. The molecule has 1 N–H and O–H groups in total. The second-order valence-corrected chi connectivity index (χ2v) is 7.23. The molecule has 2 aliphatic heterocycles. The predicted molar refractivity (Wildman–Crippen MR) is 83.2 cm³/mol. The van der Waals surface area contributed by atoms with E-state index in [9.17, 15) is 14.7 Å². The summed E-state index contributed by atoms with van der Waals surface area (Å²) in [5.41, 5.74) is -0.873. The van der Waals surface area contributed by atoms with Gasteiger partial charge < -0.3 is 14.6 Å². The van der Waals surface area contributed by atoms with Gasteiger partial charge in [-0.05, 0) is 34.5 Å². The minimum absolute atomic E-state index is 0.0552. The molecule has 0 radical (unpaired) electrons. The number of carboxylic acid groups (broad SMARTS) is 1. The van der Waals surface area contributed by atoms with Crippen LogP contribution in [-0.2, 0) is 24.7 Å². The maximum Gasteiger partial charge on any atom is 0.313 e. The minimum atomic E-state index is -1.26. The summed E-state index contributed by atoms with van der Waals surface area (Å²) in [5, 5.41) is 14.0.